The summed E-state index contributed by atoms with van der Waals surface area (Å²) in [6.07, 6.45) is 0.729. The maximum atomic E-state index is 11.7. The number of nitrogen functional groups attached to an aromatic ring is 1. The van der Waals surface area contributed by atoms with Gasteiger partial charge in [-0.05, 0) is 6.92 Å². The smallest absolute Gasteiger partial charge is 0.343 e. The van der Waals surface area contributed by atoms with Crippen molar-refractivity contribution in [3.8, 4) is 0 Å². The maximum absolute atomic E-state index is 11.7. The molecular formula is C12H15N3O5. The van der Waals surface area contributed by atoms with Gasteiger partial charge in [-0.15, -0.1) is 0 Å². The van der Waals surface area contributed by atoms with Gasteiger partial charge in [0, 0.05) is 12.6 Å². The molecule has 0 amide bonds. The summed E-state index contributed by atoms with van der Waals surface area (Å²) in [7, 11) is 0. The summed E-state index contributed by atoms with van der Waals surface area (Å²) in [5.41, 5.74) is 5.92. The van der Waals surface area contributed by atoms with Crippen molar-refractivity contribution in [2.75, 3.05) is 18.9 Å². The first-order valence-electron chi connectivity index (χ1n) is 6.41. The summed E-state index contributed by atoms with van der Waals surface area (Å²) in [4.78, 5) is 23.5. The zero-order valence-corrected chi connectivity index (χ0v) is 10.9. The fourth-order valence-electron chi connectivity index (χ4n) is 2.43. The number of carbonyl (C=O) groups excluding carboxylic acids is 2. The Balaban J connectivity index is 1.85. The highest BCUT2D eigenvalue weighted by Crippen LogP contribution is 2.33. The average Bonchev–Trinajstić information content (AvgIpc) is 3.00. The highest BCUT2D eigenvalue weighted by Gasteiger charge is 2.44. The Bertz CT molecular complexity index is 555. The third-order valence-corrected chi connectivity index (χ3v) is 3.41. The number of ketones is 1. The number of nitrogens with two attached hydrogens (primary N) is 1. The molecule has 108 valence electrons. The van der Waals surface area contributed by atoms with Crippen LogP contribution in [0.3, 0.4) is 0 Å². The van der Waals surface area contributed by atoms with Gasteiger partial charge in [0.15, 0.2) is 11.6 Å². The number of nitrogens with zero attached hydrogens (tertiary/aromatic N) is 2. The van der Waals surface area contributed by atoms with E-state index in [9.17, 15) is 9.59 Å². The number of ether oxygens (including phenoxy) is 3. The van der Waals surface area contributed by atoms with Gasteiger partial charge in [-0.1, -0.05) is 0 Å². The minimum absolute atomic E-state index is 0.0805. The second-order valence-corrected chi connectivity index (χ2v) is 4.71. The van der Waals surface area contributed by atoms with Gasteiger partial charge in [0.1, 0.15) is 11.7 Å². The topological polar surface area (TPSA) is 106 Å². The Morgan fingerprint density at radius 1 is 1.65 bits per heavy atom. The van der Waals surface area contributed by atoms with Crippen molar-refractivity contribution in [1.29, 1.82) is 0 Å². The van der Waals surface area contributed by atoms with Crippen molar-refractivity contribution >= 4 is 17.6 Å². The van der Waals surface area contributed by atoms with Crippen molar-refractivity contribution < 1.29 is 23.8 Å². The Hall–Kier alpha value is -1.93. The lowest BCUT2D eigenvalue weighted by molar-refractivity contribution is -0.156. The monoisotopic (exact) mass is 281 g/mol. The number of hydrogen-bond acceptors (Lipinski definition) is 7. The quantitative estimate of drug-likeness (QED) is 0.771. The predicted molar refractivity (Wildman–Crippen MR) is 65.9 cm³/mol. The lowest BCUT2D eigenvalue weighted by atomic mass is 10.0. The Morgan fingerprint density at radius 2 is 2.45 bits per heavy atom. The van der Waals surface area contributed by atoms with Crippen LogP contribution in [0, 0.1) is 0 Å². The van der Waals surface area contributed by atoms with Gasteiger partial charge in [-0.2, -0.15) is 5.10 Å². The highest BCUT2D eigenvalue weighted by atomic mass is 16.7. The molecule has 0 aliphatic carbocycles. The first kappa shape index (κ1) is 13.1. The van der Waals surface area contributed by atoms with Crippen LogP contribution in [0.15, 0.2) is 6.20 Å². The average molecular weight is 281 g/mol. The molecular weight excluding hydrogens is 266 g/mol. The predicted octanol–water partition coefficient (Wildman–Crippen LogP) is -0.103. The van der Waals surface area contributed by atoms with Crippen molar-refractivity contribution in [2.45, 2.75) is 31.8 Å². The van der Waals surface area contributed by atoms with Gasteiger partial charge in [-0.3, -0.25) is 9.48 Å². The highest BCUT2D eigenvalue weighted by molar-refractivity contribution is 5.93. The van der Waals surface area contributed by atoms with Gasteiger partial charge in [0.2, 0.25) is 6.29 Å². The molecule has 3 rings (SSSR count). The summed E-state index contributed by atoms with van der Waals surface area (Å²) in [5, 5.41) is 4.09. The minimum Gasteiger partial charge on any atom is -0.462 e. The van der Waals surface area contributed by atoms with Crippen molar-refractivity contribution in [2.24, 2.45) is 0 Å². The molecule has 0 spiro atoms. The van der Waals surface area contributed by atoms with E-state index in [1.807, 2.05) is 0 Å². The number of carbonyl (C=O) groups is 2. The molecule has 3 heterocycles. The zero-order chi connectivity index (χ0) is 14.3. The number of hydrogen-bond donors (Lipinski definition) is 1. The molecule has 0 unspecified atom stereocenters. The summed E-state index contributed by atoms with van der Waals surface area (Å²) >= 11 is 0. The largest absolute Gasteiger partial charge is 0.462 e. The van der Waals surface area contributed by atoms with E-state index in [1.54, 1.807) is 6.92 Å². The molecule has 2 bridgehead atoms. The molecule has 20 heavy (non-hydrogen) atoms. The van der Waals surface area contributed by atoms with Gasteiger partial charge in [-0.25, -0.2) is 4.79 Å². The van der Waals surface area contributed by atoms with E-state index in [4.69, 9.17) is 19.9 Å². The second-order valence-electron chi connectivity index (χ2n) is 4.71. The molecule has 0 saturated carbocycles. The molecule has 1 aromatic heterocycles. The molecule has 2 aliphatic heterocycles. The van der Waals surface area contributed by atoms with Crippen LogP contribution in [0.1, 0.15) is 29.7 Å². The van der Waals surface area contributed by atoms with Crippen molar-refractivity contribution in [3.63, 3.8) is 0 Å². The molecule has 0 radical (unpaired) electrons. The number of fused-ring (bicyclic) bond motifs is 2. The number of aromatic nitrogens is 2. The van der Waals surface area contributed by atoms with Crippen LogP contribution < -0.4 is 5.73 Å². The maximum Gasteiger partial charge on any atom is 0.343 e. The van der Waals surface area contributed by atoms with Crippen LogP contribution in [0.25, 0.3) is 0 Å². The van der Waals surface area contributed by atoms with Crippen LogP contribution in [0.5, 0.6) is 0 Å². The van der Waals surface area contributed by atoms with Gasteiger partial charge < -0.3 is 19.9 Å². The molecule has 3 atom stereocenters. The summed E-state index contributed by atoms with van der Waals surface area (Å²) in [6.45, 7) is 2.30. The number of Topliss-reactive ketones (excluding diaryl/α,β-unsaturated/α-hetero) is 1. The van der Waals surface area contributed by atoms with E-state index >= 15 is 0 Å². The van der Waals surface area contributed by atoms with Crippen molar-refractivity contribution in [3.05, 3.63) is 11.8 Å². The summed E-state index contributed by atoms with van der Waals surface area (Å²) in [6, 6.07) is -0.313. The van der Waals surface area contributed by atoms with E-state index in [1.165, 1.54) is 10.9 Å². The second kappa shape index (κ2) is 4.88. The summed E-state index contributed by atoms with van der Waals surface area (Å²) < 4.78 is 17.1. The Morgan fingerprint density at radius 3 is 3.20 bits per heavy atom. The molecule has 2 N–H and O–H groups in total. The molecule has 8 nitrogen and oxygen atoms in total. The molecule has 1 aromatic rings. The van der Waals surface area contributed by atoms with E-state index < -0.39 is 12.3 Å². The molecule has 8 heteroatoms. The fraction of sp³-hybridized carbons (Fsp3) is 0.583. The molecule has 2 fully saturated rings. The Kier molecular flexibility index (Phi) is 3.19. The third-order valence-electron chi connectivity index (χ3n) is 3.41. The standard InChI is InChI=1S/C12H15N3O5/c1-2-18-11(17)6-4-15(14-10(6)13)7-3-8(16)12-19-5-9(7)20-12/h4,7,9,12H,2-3,5H2,1H3,(H2,13,14)/t7-,9+,12+/m0/s1. The molecule has 2 aliphatic rings. The van der Waals surface area contributed by atoms with Crippen LogP contribution >= 0.6 is 0 Å². The lowest BCUT2D eigenvalue weighted by Crippen LogP contribution is -2.37. The first-order chi connectivity index (χ1) is 9.60. The van der Waals surface area contributed by atoms with Gasteiger partial charge in [0.05, 0.1) is 19.3 Å². The zero-order valence-electron chi connectivity index (χ0n) is 10.9. The van der Waals surface area contributed by atoms with Crippen LogP contribution in [-0.4, -0.2) is 47.1 Å². The first-order valence-corrected chi connectivity index (χ1v) is 6.41. The van der Waals surface area contributed by atoms with E-state index in [0.717, 1.165) is 0 Å². The summed E-state index contributed by atoms with van der Waals surface area (Å²) in [5.74, 6) is -0.577. The number of rotatable bonds is 3. The fourth-order valence-corrected chi connectivity index (χ4v) is 2.43. The van der Waals surface area contributed by atoms with E-state index in [-0.39, 0.29) is 42.3 Å². The van der Waals surface area contributed by atoms with Crippen molar-refractivity contribution in [1.82, 2.24) is 9.78 Å². The molecule has 0 aromatic carbocycles. The third kappa shape index (κ3) is 2.06. The SMILES string of the molecule is CCOC(=O)c1cn([C@H]2CC(=O)[C@@H]3OC[C@H]2O3)nc1N. The molecule has 2 saturated heterocycles. The number of esters is 1. The van der Waals surface area contributed by atoms with Gasteiger partial charge >= 0.3 is 5.97 Å². The van der Waals surface area contributed by atoms with Crippen LogP contribution in [0.4, 0.5) is 5.82 Å². The van der Waals surface area contributed by atoms with E-state index in [2.05, 4.69) is 5.10 Å². The number of anilines is 1. The normalized spacial score (nSPS) is 28.6. The van der Waals surface area contributed by atoms with Crippen LogP contribution in [0.2, 0.25) is 0 Å². The Labute approximate surface area is 114 Å². The van der Waals surface area contributed by atoms with Crippen LogP contribution in [-0.2, 0) is 19.0 Å². The van der Waals surface area contributed by atoms with Gasteiger partial charge in [0.25, 0.3) is 0 Å². The minimum atomic E-state index is -0.756. The van der Waals surface area contributed by atoms with E-state index in [0.29, 0.717) is 6.61 Å². The lowest BCUT2D eigenvalue weighted by Gasteiger charge is -2.26.